The SMILES string of the molecule is COc1cc(Cl)c(S(=O)(=O)[N+]2=C(c3ccccc3)NCC2)cc1Cl. The van der Waals surface area contributed by atoms with Gasteiger partial charge in [-0.3, -0.25) is 5.32 Å². The van der Waals surface area contributed by atoms with Gasteiger partial charge in [-0.05, 0) is 18.2 Å². The molecule has 0 saturated carbocycles. The van der Waals surface area contributed by atoms with Crippen molar-refractivity contribution in [2.45, 2.75) is 4.90 Å². The molecule has 2 aromatic rings. The molecule has 0 amide bonds. The predicted octanol–water partition coefficient (Wildman–Crippen LogP) is 2.75. The van der Waals surface area contributed by atoms with Crippen LogP contribution < -0.4 is 10.1 Å². The van der Waals surface area contributed by atoms with E-state index < -0.39 is 10.0 Å². The Kier molecular flexibility index (Phi) is 4.71. The van der Waals surface area contributed by atoms with Crippen LogP contribution in [0.2, 0.25) is 10.0 Å². The summed E-state index contributed by atoms with van der Waals surface area (Å²) in [4.78, 5) is -0.0490. The van der Waals surface area contributed by atoms with Crippen LogP contribution in [0.4, 0.5) is 0 Å². The monoisotopic (exact) mass is 385 g/mol. The summed E-state index contributed by atoms with van der Waals surface area (Å²) in [5.74, 6) is 0.853. The largest absolute Gasteiger partial charge is 0.495 e. The Labute approximate surface area is 150 Å². The Hall–Kier alpha value is -1.76. The van der Waals surface area contributed by atoms with Crippen molar-refractivity contribution in [3.8, 4) is 5.75 Å². The van der Waals surface area contributed by atoms with Crippen molar-refractivity contribution in [2.75, 3.05) is 20.2 Å². The summed E-state index contributed by atoms with van der Waals surface area (Å²) >= 11 is 12.2. The van der Waals surface area contributed by atoms with Crippen LogP contribution in [-0.2, 0) is 10.0 Å². The van der Waals surface area contributed by atoms with Crippen LogP contribution in [0.1, 0.15) is 5.56 Å². The highest BCUT2D eigenvalue weighted by molar-refractivity contribution is 7.85. The van der Waals surface area contributed by atoms with Crippen LogP contribution >= 0.6 is 23.2 Å². The van der Waals surface area contributed by atoms with E-state index in [4.69, 9.17) is 27.9 Å². The minimum atomic E-state index is -3.85. The minimum absolute atomic E-state index is 0.0490. The fourth-order valence-corrected chi connectivity index (χ4v) is 4.84. The summed E-state index contributed by atoms with van der Waals surface area (Å²) in [6.07, 6.45) is 0. The lowest BCUT2D eigenvalue weighted by Crippen LogP contribution is -2.28. The molecule has 1 heterocycles. The zero-order valence-corrected chi connectivity index (χ0v) is 15.1. The number of nitrogens with zero attached hydrogens (tertiary/aromatic N) is 1. The van der Waals surface area contributed by atoms with E-state index in [9.17, 15) is 8.42 Å². The number of methoxy groups -OCH3 is 1. The summed E-state index contributed by atoms with van der Waals surface area (Å²) < 4.78 is 32.5. The molecule has 0 aliphatic carbocycles. The molecule has 24 heavy (non-hydrogen) atoms. The Morgan fingerprint density at radius 1 is 1.12 bits per heavy atom. The fraction of sp³-hybridized carbons (Fsp3) is 0.188. The van der Waals surface area contributed by atoms with Crippen LogP contribution in [0.3, 0.4) is 0 Å². The normalized spacial score (nSPS) is 14.6. The molecule has 1 N–H and O–H groups in total. The predicted molar refractivity (Wildman–Crippen MR) is 93.9 cm³/mol. The van der Waals surface area contributed by atoms with E-state index in [0.29, 0.717) is 24.7 Å². The lowest BCUT2D eigenvalue weighted by molar-refractivity contribution is -0.352. The van der Waals surface area contributed by atoms with Crippen LogP contribution in [0.25, 0.3) is 0 Å². The van der Waals surface area contributed by atoms with E-state index in [0.717, 1.165) is 5.56 Å². The molecule has 0 saturated heterocycles. The van der Waals surface area contributed by atoms with Gasteiger partial charge < -0.3 is 4.74 Å². The fourth-order valence-electron chi connectivity index (χ4n) is 2.54. The number of benzene rings is 2. The molecule has 0 aromatic heterocycles. The molecule has 5 nitrogen and oxygen atoms in total. The quantitative estimate of drug-likeness (QED) is 0.822. The Morgan fingerprint density at radius 2 is 1.83 bits per heavy atom. The third-order valence-electron chi connectivity index (χ3n) is 3.68. The van der Waals surface area contributed by atoms with Gasteiger partial charge in [-0.25, -0.2) is 0 Å². The molecule has 0 unspecified atom stereocenters. The molecule has 126 valence electrons. The summed E-state index contributed by atoms with van der Waals surface area (Å²) in [5, 5.41) is 3.37. The minimum Gasteiger partial charge on any atom is -0.495 e. The standard InChI is InChI=1S/C16H14Cl2N2O3S/c1-23-14-9-13(18)15(10-12(14)17)24(21,22)20-8-7-19-16(20)11-5-3-2-4-6-11/h2-6,9-10H,7-8H2,1H3/p+1. The number of amidine groups is 1. The smallest absolute Gasteiger partial charge is 0.332 e. The van der Waals surface area contributed by atoms with Gasteiger partial charge in [0.15, 0.2) is 0 Å². The molecule has 2 aromatic carbocycles. The van der Waals surface area contributed by atoms with Gasteiger partial charge in [0.1, 0.15) is 23.7 Å². The van der Waals surface area contributed by atoms with Crippen molar-refractivity contribution in [1.82, 2.24) is 5.32 Å². The average molecular weight is 386 g/mol. The van der Waals surface area contributed by atoms with E-state index in [2.05, 4.69) is 5.32 Å². The number of ether oxygens (including phenoxy) is 1. The molecule has 0 spiro atoms. The number of halogens is 2. The van der Waals surface area contributed by atoms with E-state index in [1.54, 1.807) is 0 Å². The molecule has 8 heteroatoms. The third-order valence-corrected chi connectivity index (χ3v) is 6.24. The van der Waals surface area contributed by atoms with Gasteiger partial charge in [-0.1, -0.05) is 41.4 Å². The van der Waals surface area contributed by atoms with Crippen molar-refractivity contribution in [3.05, 3.63) is 58.1 Å². The first-order valence-corrected chi connectivity index (χ1v) is 9.37. The topological polar surface area (TPSA) is 58.4 Å². The molecule has 0 radical (unpaired) electrons. The van der Waals surface area contributed by atoms with Gasteiger partial charge in [-0.15, -0.1) is 3.98 Å². The van der Waals surface area contributed by atoms with Gasteiger partial charge in [0.2, 0.25) is 0 Å². The molecular formula is C16H15Cl2N2O3S+. The first-order valence-electron chi connectivity index (χ1n) is 7.17. The van der Waals surface area contributed by atoms with Crippen molar-refractivity contribution in [1.29, 1.82) is 0 Å². The molecule has 0 atom stereocenters. The van der Waals surface area contributed by atoms with Crippen molar-refractivity contribution < 1.29 is 17.1 Å². The first kappa shape index (κ1) is 17.1. The van der Waals surface area contributed by atoms with Crippen molar-refractivity contribution in [2.24, 2.45) is 0 Å². The molecule has 1 aliphatic heterocycles. The van der Waals surface area contributed by atoms with Gasteiger partial charge >= 0.3 is 10.0 Å². The highest BCUT2D eigenvalue weighted by atomic mass is 35.5. The maximum Gasteiger partial charge on any atom is 0.332 e. The van der Waals surface area contributed by atoms with E-state index in [-0.39, 0.29) is 14.9 Å². The second-order valence-electron chi connectivity index (χ2n) is 5.14. The Morgan fingerprint density at radius 3 is 2.50 bits per heavy atom. The number of hydrogen-bond acceptors (Lipinski definition) is 4. The van der Waals surface area contributed by atoms with Gasteiger partial charge in [0.05, 0.1) is 22.7 Å². The highest BCUT2D eigenvalue weighted by Crippen LogP contribution is 2.34. The van der Waals surface area contributed by atoms with Crippen LogP contribution in [-0.4, -0.2) is 38.4 Å². The second-order valence-corrected chi connectivity index (χ2v) is 7.78. The van der Waals surface area contributed by atoms with Gasteiger partial charge in [0.25, 0.3) is 5.84 Å². The van der Waals surface area contributed by atoms with Crippen molar-refractivity contribution in [3.63, 3.8) is 0 Å². The summed E-state index contributed by atoms with van der Waals surface area (Å²) in [6, 6.07) is 12.0. The Bertz CT molecular complexity index is 912. The Balaban J connectivity index is 2.16. The maximum atomic E-state index is 13.1. The van der Waals surface area contributed by atoms with Crippen LogP contribution in [0.15, 0.2) is 47.4 Å². The molecule has 0 bridgehead atoms. The first-order chi connectivity index (χ1) is 11.4. The molecule has 0 fully saturated rings. The zero-order chi connectivity index (χ0) is 17.3. The molecule has 1 aliphatic rings. The zero-order valence-electron chi connectivity index (χ0n) is 12.8. The second kappa shape index (κ2) is 6.63. The molecule has 3 rings (SSSR count). The summed E-state index contributed by atoms with van der Waals surface area (Å²) in [7, 11) is -2.41. The maximum absolute atomic E-state index is 13.1. The highest BCUT2D eigenvalue weighted by Gasteiger charge is 2.35. The number of sulfonamides is 1. The van der Waals surface area contributed by atoms with Crippen molar-refractivity contribution >= 4 is 39.1 Å². The molecular weight excluding hydrogens is 371 g/mol. The van der Waals surface area contributed by atoms with E-state index in [1.807, 2.05) is 30.3 Å². The lowest BCUT2D eigenvalue weighted by Gasteiger charge is -2.10. The number of hydrogen-bond donors (Lipinski definition) is 1. The lowest BCUT2D eigenvalue weighted by atomic mass is 10.2. The number of nitrogens with one attached hydrogen (secondary N) is 1. The summed E-state index contributed by atoms with van der Waals surface area (Å²) in [6.45, 7) is 0.831. The summed E-state index contributed by atoms with van der Waals surface area (Å²) in [5.41, 5.74) is 0.786. The third kappa shape index (κ3) is 2.97. The van der Waals surface area contributed by atoms with E-state index >= 15 is 0 Å². The number of rotatable bonds is 4. The van der Waals surface area contributed by atoms with Gasteiger partial charge in [0, 0.05) is 6.07 Å². The van der Waals surface area contributed by atoms with Gasteiger partial charge in [-0.2, -0.15) is 8.42 Å². The van der Waals surface area contributed by atoms with Crippen LogP contribution in [0.5, 0.6) is 5.75 Å². The van der Waals surface area contributed by atoms with E-state index in [1.165, 1.54) is 23.2 Å². The van der Waals surface area contributed by atoms with Crippen LogP contribution in [0, 0.1) is 0 Å². The average Bonchev–Trinajstić information content (AvgIpc) is 3.08.